The molecule has 1 amide bonds. The molecule has 0 saturated carbocycles. The maximum atomic E-state index is 14.8. The topological polar surface area (TPSA) is 85.6 Å². The number of halogens is 1. The fourth-order valence-electron chi connectivity index (χ4n) is 3.38. The molecule has 2 heterocycles. The van der Waals surface area contributed by atoms with Crippen molar-refractivity contribution in [3.8, 4) is 22.4 Å². The number of benzene rings is 2. The Kier molecular flexibility index (Phi) is 5.91. The third kappa shape index (κ3) is 5.06. The number of nitrogens with one attached hydrogen (secondary N) is 1. The predicted octanol–water partition coefficient (Wildman–Crippen LogP) is 5.04. The summed E-state index contributed by atoms with van der Waals surface area (Å²) in [6.07, 6.45) is 3.46. The molecular weight excluding hydrogens is 423 g/mol. The molecule has 2 aromatic heterocycles. The van der Waals surface area contributed by atoms with Gasteiger partial charge in [0.05, 0.1) is 11.2 Å². The number of amides is 1. The minimum atomic E-state index is -0.628. The standard InChI is InChI=1S/C25H23FN4O3/c1-25(2,3)33-24(32)27-12-19-9-8-18(10-21(19)26)23-22-11-20(13-30(22)29-15-28-23)17-6-4-16(14-31)5-7-17/h4-11,13-15H,12H2,1-3H3,(H,27,32). The van der Waals surface area contributed by atoms with Crippen LogP contribution < -0.4 is 5.32 Å². The summed E-state index contributed by atoms with van der Waals surface area (Å²) in [6.45, 7) is 5.29. The second kappa shape index (κ2) is 8.82. The molecule has 0 radical (unpaired) electrons. The minimum Gasteiger partial charge on any atom is -0.444 e. The van der Waals surface area contributed by atoms with Gasteiger partial charge in [-0.3, -0.25) is 4.79 Å². The first-order valence-electron chi connectivity index (χ1n) is 10.4. The summed E-state index contributed by atoms with van der Waals surface area (Å²) < 4.78 is 21.7. The first-order chi connectivity index (χ1) is 15.7. The number of aldehydes is 1. The molecule has 0 aliphatic carbocycles. The van der Waals surface area contributed by atoms with E-state index in [2.05, 4.69) is 15.4 Å². The SMILES string of the molecule is CC(C)(C)OC(=O)NCc1ccc(-c2ncnn3cc(-c4ccc(C=O)cc4)cc23)cc1F. The molecule has 0 saturated heterocycles. The van der Waals surface area contributed by atoms with Crippen molar-refractivity contribution >= 4 is 17.9 Å². The van der Waals surface area contributed by atoms with E-state index in [4.69, 9.17) is 4.74 Å². The summed E-state index contributed by atoms with van der Waals surface area (Å²) in [5, 5.41) is 6.82. The summed E-state index contributed by atoms with van der Waals surface area (Å²) in [7, 11) is 0. The van der Waals surface area contributed by atoms with Gasteiger partial charge in [-0.2, -0.15) is 5.10 Å². The Bertz CT molecular complexity index is 1320. The van der Waals surface area contributed by atoms with Crippen LogP contribution >= 0.6 is 0 Å². The lowest BCUT2D eigenvalue weighted by Gasteiger charge is -2.19. The maximum Gasteiger partial charge on any atom is 0.407 e. The summed E-state index contributed by atoms with van der Waals surface area (Å²) in [6, 6.07) is 13.9. The van der Waals surface area contributed by atoms with E-state index in [0.29, 0.717) is 27.9 Å². The van der Waals surface area contributed by atoms with Gasteiger partial charge < -0.3 is 10.1 Å². The molecule has 0 fully saturated rings. The van der Waals surface area contributed by atoms with Crippen LogP contribution in [0.15, 0.2) is 61.1 Å². The molecule has 4 aromatic rings. The molecule has 0 aliphatic rings. The molecule has 4 rings (SSSR count). The van der Waals surface area contributed by atoms with Gasteiger partial charge in [0.15, 0.2) is 0 Å². The third-order valence-corrected chi connectivity index (χ3v) is 4.93. The number of ether oxygens (including phenoxy) is 1. The Morgan fingerprint density at radius 1 is 1.09 bits per heavy atom. The van der Waals surface area contributed by atoms with Crippen LogP contribution in [0.4, 0.5) is 9.18 Å². The lowest BCUT2D eigenvalue weighted by atomic mass is 10.1. The van der Waals surface area contributed by atoms with E-state index in [9.17, 15) is 14.0 Å². The van der Waals surface area contributed by atoms with Gasteiger partial charge in [0.2, 0.25) is 0 Å². The molecule has 168 valence electrons. The van der Waals surface area contributed by atoms with E-state index >= 15 is 0 Å². The van der Waals surface area contributed by atoms with Crippen LogP contribution in [-0.2, 0) is 11.3 Å². The molecule has 1 N–H and O–H groups in total. The Morgan fingerprint density at radius 3 is 2.48 bits per heavy atom. The third-order valence-electron chi connectivity index (χ3n) is 4.93. The van der Waals surface area contributed by atoms with Crippen LogP contribution in [0.1, 0.15) is 36.7 Å². The monoisotopic (exact) mass is 446 g/mol. The highest BCUT2D eigenvalue weighted by atomic mass is 19.1. The first-order valence-corrected chi connectivity index (χ1v) is 10.4. The van der Waals surface area contributed by atoms with Crippen molar-refractivity contribution in [1.29, 1.82) is 0 Å². The second-order valence-electron chi connectivity index (χ2n) is 8.57. The molecule has 0 bridgehead atoms. The minimum absolute atomic E-state index is 0.00622. The molecule has 0 aliphatic heterocycles. The lowest BCUT2D eigenvalue weighted by molar-refractivity contribution is 0.0523. The number of alkyl carbamates (subject to hydrolysis) is 1. The van der Waals surface area contributed by atoms with Gasteiger partial charge in [-0.1, -0.05) is 36.4 Å². The van der Waals surface area contributed by atoms with E-state index < -0.39 is 17.5 Å². The fourth-order valence-corrected chi connectivity index (χ4v) is 3.38. The average molecular weight is 446 g/mol. The van der Waals surface area contributed by atoms with Gasteiger partial charge in [-0.05, 0) is 38.5 Å². The summed E-state index contributed by atoms with van der Waals surface area (Å²) in [5.41, 5.74) is 4.00. The van der Waals surface area contributed by atoms with Gasteiger partial charge in [0, 0.05) is 35.0 Å². The number of carbonyl (C=O) groups excluding carboxylic acids is 2. The van der Waals surface area contributed by atoms with Crippen LogP contribution in [0.2, 0.25) is 0 Å². The van der Waals surface area contributed by atoms with E-state index in [1.54, 1.807) is 49.6 Å². The van der Waals surface area contributed by atoms with Gasteiger partial charge in [-0.25, -0.2) is 18.7 Å². The average Bonchev–Trinajstić information content (AvgIpc) is 3.21. The summed E-state index contributed by atoms with van der Waals surface area (Å²) in [4.78, 5) is 27.1. The normalized spacial score (nSPS) is 11.4. The van der Waals surface area contributed by atoms with Crippen molar-refractivity contribution in [3.05, 3.63) is 78.0 Å². The van der Waals surface area contributed by atoms with Crippen LogP contribution in [0.5, 0.6) is 0 Å². The quantitative estimate of drug-likeness (QED) is 0.434. The van der Waals surface area contributed by atoms with Crippen molar-refractivity contribution < 1.29 is 18.7 Å². The van der Waals surface area contributed by atoms with Crippen molar-refractivity contribution in [2.75, 3.05) is 0 Å². The molecule has 7 nitrogen and oxygen atoms in total. The molecule has 0 spiro atoms. The van der Waals surface area contributed by atoms with Gasteiger partial charge in [-0.15, -0.1) is 0 Å². The number of rotatable bonds is 5. The smallest absolute Gasteiger partial charge is 0.407 e. The van der Waals surface area contributed by atoms with Crippen molar-refractivity contribution in [1.82, 2.24) is 19.9 Å². The van der Waals surface area contributed by atoms with Crippen LogP contribution in [-0.4, -0.2) is 32.6 Å². The Balaban J connectivity index is 1.59. The zero-order valence-corrected chi connectivity index (χ0v) is 18.5. The van der Waals surface area contributed by atoms with Crippen LogP contribution in [0.25, 0.3) is 27.9 Å². The lowest BCUT2D eigenvalue weighted by Crippen LogP contribution is -2.32. The molecule has 2 aromatic carbocycles. The highest BCUT2D eigenvalue weighted by molar-refractivity contribution is 5.82. The van der Waals surface area contributed by atoms with Gasteiger partial charge in [0.25, 0.3) is 0 Å². The largest absolute Gasteiger partial charge is 0.444 e. The number of aromatic nitrogens is 3. The van der Waals surface area contributed by atoms with E-state index in [1.165, 1.54) is 12.4 Å². The Hall–Kier alpha value is -4.07. The number of hydrogen-bond acceptors (Lipinski definition) is 5. The van der Waals surface area contributed by atoms with E-state index in [1.807, 2.05) is 24.4 Å². The zero-order valence-electron chi connectivity index (χ0n) is 18.5. The molecular formula is C25H23FN4O3. The van der Waals surface area contributed by atoms with Crippen molar-refractivity contribution in [2.24, 2.45) is 0 Å². The summed E-state index contributed by atoms with van der Waals surface area (Å²) in [5.74, 6) is -0.462. The van der Waals surface area contributed by atoms with Crippen molar-refractivity contribution in [2.45, 2.75) is 32.9 Å². The summed E-state index contributed by atoms with van der Waals surface area (Å²) >= 11 is 0. The first kappa shape index (κ1) is 22.1. The Morgan fingerprint density at radius 2 is 1.82 bits per heavy atom. The highest BCUT2D eigenvalue weighted by Crippen LogP contribution is 2.29. The van der Waals surface area contributed by atoms with E-state index in [-0.39, 0.29) is 6.54 Å². The Labute approximate surface area is 190 Å². The number of hydrogen-bond donors (Lipinski definition) is 1. The predicted molar refractivity (Wildman–Crippen MR) is 122 cm³/mol. The fraction of sp³-hybridized carbons (Fsp3) is 0.200. The number of nitrogens with zero attached hydrogens (tertiary/aromatic N) is 3. The van der Waals surface area contributed by atoms with Gasteiger partial charge in [0.1, 0.15) is 24.0 Å². The van der Waals surface area contributed by atoms with Crippen molar-refractivity contribution in [3.63, 3.8) is 0 Å². The van der Waals surface area contributed by atoms with Crippen LogP contribution in [0, 0.1) is 5.82 Å². The zero-order chi connectivity index (χ0) is 23.6. The number of fused-ring (bicyclic) bond motifs is 1. The molecule has 33 heavy (non-hydrogen) atoms. The van der Waals surface area contributed by atoms with Gasteiger partial charge >= 0.3 is 6.09 Å². The van der Waals surface area contributed by atoms with Crippen LogP contribution in [0.3, 0.4) is 0 Å². The molecule has 0 atom stereocenters. The number of carbonyl (C=O) groups is 2. The highest BCUT2D eigenvalue weighted by Gasteiger charge is 2.17. The molecule has 8 heteroatoms. The van der Waals surface area contributed by atoms with E-state index in [0.717, 1.165) is 17.4 Å². The molecule has 0 unspecified atom stereocenters. The second-order valence-corrected chi connectivity index (χ2v) is 8.57. The maximum absolute atomic E-state index is 14.8.